The standard InChI is InChI=1S/C14H11ClFN3S/c1-2-17-12-11-10(8-3-5-9(16)6-4-8)7-20-13(11)19-14(15)18-12/h3-7H,2H2,1H3,(H,17,18,19). The van der Waals surface area contributed by atoms with E-state index in [1.165, 1.54) is 23.5 Å². The number of aromatic nitrogens is 2. The maximum absolute atomic E-state index is 13.0. The molecular formula is C14H11ClFN3S. The smallest absolute Gasteiger partial charge is 0.225 e. The number of nitrogens with zero attached hydrogens (tertiary/aromatic N) is 2. The Bertz CT molecular complexity index is 755. The van der Waals surface area contributed by atoms with Crippen LogP contribution >= 0.6 is 22.9 Å². The lowest BCUT2D eigenvalue weighted by molar-refractivity contribution is 0.628. The lowest BCUT2D eigenvalue weighted by Gasteiger charge is -2.07. The third-order valence-electron chi connectivity index (χ3n) is 2.91. The molecule has 0 saturated heterocycles. The van der Waals surface area contributed by atoms with E-state index in [4.69, 9.17) is 11.6 Å². The molecule has 102 valence electrons. The molecule has 1 aromatic carbocycles. The van der Waals surface area contributed by atoms with Crippen LogP contribution in [0.4, 0.5) is 10.2 Å². The van der Waals surface area contributed by atoms with Crippen molar-refractivity contribution in [2.45, 2.75) is 6.92 Å². The summed E-state index contributed by atoms with van der Waals surface area (Å²) in [5.41, 5.74) is 1.92. The predicted molar refractivity (Wildman–Crippen MR) is 82.0 cm³/mol. The number of nitrogens with one attached hydrogen (secondary N) is 1. The van der Waals surface area contributed by atoms with Gasteiger partial charge < -0.3 is 5.32 Å². The number of fused-ring (bicyclic) bond motifs is 1. The molecule has 3 aromatic rings. The molecule has 0 unspecified atom stereocenters. The summed E-state index contributed by atoms with van der Waals surface area (Å²) >= 11 is 7.43. The third-order valence-corrected chi connectivity index (χ3v) is 3.95. The van der Waals surface area contributed by atoms with Gasteiger partial charge in [0, 0.05) is 17.5 Å². The molecular weight excluding hydrogens is 297 g/mol. The number of thiophene rings is 1. The molecule has 3 nitrogen and oxygen atoms in total. The van der Waals surface area contributed by atoms with E-state index in [-0.39, 0.29) is 11.1 Å². The van der Waals surface area contributed by atoms with Gasteiger partial charge in [0.1, 0.15) is 16.5 Å². The number of hydrogen-bond acceptors (Lipinski definition) is 4. The van der Waals surface area contributed by atoms with E-state index in [9.17, 15) is 4.39 Å². The Balaban J connectivity index is 2.23. The van der Waals surface area contributed by atoms with Crippen molar-refractivity contribution in [3.8, 4) is 11.1 Å². The molecule has 20 heavy (non-hydrogen) atoms. The van der Waals surface area contributed by atoms with Crippen molar-refractivity contribution < 1.29 is 4.39 Å². The summed E-state index contributed by atoms with van der Waals surface area (Å²) in [7, 11) is 0. The molecule has 0 aliphatic heterocycles. The topological polar surface area (TPSA) is 37.8 Å². The Labute approximate surface area is 124 Å². The molecule has 0 radical (unpaired) electrons. The largest absolute Gasteiger partial charge is 0.370 e. The lowest BCUT2D eigenvalue weighted by Crippen LogP contribution is -2.01. The second kappa shape index (κ2) is 5.34. The molecule has 2 heterocycles. The molecule has 0 atom stereocenters. The number of rotatable bonds is 3. The van der Waals surface area contributed by atoms with Crippen LogP contribution in [0.1, 0.15) is 6.92 Å². The van der Waals surface area contributed by atoms with E-state index in [0.717, 1.165) is 27.9 Å². The molecule has 6 heteroatoms. The van der Waals surface area contributed by atoms with Gasteiger partial charge in [0.15, 0.2) is 0 Å². The second-order valence-corrected chi connectivity index (χ2v) is 5.40. The van der Waals surface area contributed by atoms with Crippen molar-refractivity contribution in [2.24, 2.45) is 0 Å². The van der Waals surface area contributed by atoms with Gasteiger partial charge in [0.25, 0.3) is 0 Å². The van der Waals surface area contributed by atoms with Crippen LogP contribution in [0.25, 0.3) is 21.3 Å². The Kier molecular flexibility index (Phi) is 3.54. The summed E-state index contributed by atoms with van der Waals surface area (Å²) in [6.45, 7) is 2.73. The molecule has 3 rings (SSSR count). The van der Waals surface area contributed by atoms with E-state index < -0.39 is 0 Å². The first kappa shape index (κ1) is 13.3. The number of benzene rings is 1. The summed E-state index contributed by atoms with van der Waals surface area (Å²) in [5.74, 6) is 0.461. The van der Waals surface area contributed by atoms with Crippen molar-refractivity contribution in [3.63, 3.8) is 0 Å². The van der Waals surface area contributed by atoms with Gasteiger partial charge >= 0.3 is 0 Å². The Morgan fingerprint density at radius 3 is 2.70 bits per heavy atom. The molecule has 1 N–H and O–H groups in total. The molecule has 0 fully saturated rings. The Morgan fingerprint density at radius 2 is 2.00 bits per heavy atom. The van der Waals surface area contributed by atoms with Gasteiger partial charge in [-0.25, -0.2) is 14.4 Å². The Hall–Kier alpha value is -1.72. The summed E-state index contributed by atoms with van der Waals surface area (Å²) < 4.78 is 13.0. The molecule has 0 aliphatic carbocycles. The van der Waals surface area contributed by atoms with Gasteiger partial charge in [-0.2, -0.15) is 0 Å². The van der Waals surface area contributed by atoms with Crippen LogP contribution in [-0.4, -0.2) is 16.5 Å². The first-order valence-electron chi connectivity index (χ1n) is 6.13. The first-order chi connectivity index (χ1) is 9.69. The van der Waals surface area contributed by atoms with Gasteiger partial charge in [0.05, 0.1) is 5.39 Å². The van der Waals surface area contributed by atoms with Crippen LogP contribution in [0, 0.1) is 5.82 Å². The zero-order chi connectivity index (χ0) is 14.1. The number of anilines is 1. The first-order valence-corrected chi connectivity index (χ1v) is 7.39. The highest BCUT2D eigenvalue weighted by Gasteiger charge is 2.14. The van der Waals surface area contributed by atoms with Crippen LogP contribution in [-0.2, 0) is 0 Å². The zero-order valence-corrected chi connectivity index (χ0v) is 12.2. The minimum Gasteiger partial charge on any atom is -0.370 e. The highest BCUT2D eigenvalue weighted by Crippen LogP contribution is 2.37. The highest BCUT2D eigenvalue weighted by molar-refractivity contribution is 7.17. The predicted octanol–water partition coefficient (Wildman–Crippen LogP) is 4.58. The number of halogens is 2. The minimum atomic E-state index is -0.250. The van der Waals surface area contributed by atoms with Crippen LogP contribution in [0.15, 0.2) is 29.6 Å². The minimum absolute atomic E-state index is 0.223. The zero-order valence-electron chi connectivity index (χ0n) is 10.7. The fourth-order valence-electron chi connectivity index (χ4n) is 2.05. The lowest BCUT2D eigenvalue weighted by atomic mass is 10.1. The molecule has 0 amide bonds. The van der Waals surface area contributed by atoms with Crippen molar-refractivity contribution in [3.05, 3.63) is 40.7 Å². The van der Waals surface area contributed by atoms with Gasteiger partial charge in [-0.3, -0.25) is 0 Å². The van der Waals surface area contributed by atoms with E-state index in [1.807, 2.05) is 12.3 Å². The molecule has 2 aromatic heterocycles. The van der Waals surface area contributed by atoms with E-state index in [2.05, 4.69) is 15.3 Å². The van der Waals surface area contributed by atoms with Crippen molar-refractivity contribution in [1.82, 2.24) is 9.97 Å². The summed E-state index contributed by atoms with van der Waals surface area (Å²) in [5, 5.41) is 6.33. The number of hydrogen-bond donors (Lipinski definition) is 1. The quantitative estimate of drug-likeness (QED) is 0.720. The monoisotopic (exact) mass is 307 g/mol. The molecule has 0 spiro atoms. The highest BCUT2D eigenvalue weighted by atomic mass is 35.5. The molecule has 0 saturated carbocycles. The molecule has 0 aliphatic rings. The maximum Gasteiger partial charge on any atom is 0.225 e. The summed E-state index contributed by atoms with van der Waals surface area (Å²) in [4.78, 5) is 9.30. The van der Waals surface area contributed by atoms with E-state index >= 15 is 0 Å². The fraction of sp³-hybridized carbons (Fsp3) is 0.143. The van der Waals surface area contributed by atoms with Crippen LogP contribution in [0.2, 0.25) is 5.28 Å². The third kappa shape index (κ3) is 2.34. The van der Waals surface area contributed by atoms with Gasteiger partial charge in [0.2, 0.25) is 5.28 Å². The summed E-state index contributed by atoms with van der Waals surface area (Å²) in [6.07, 6.45) is 0. The maximum atomic E-state index is 13.0. The fourth-order valence-corrected chi connectivity index (χ4v) is 3.22. The van der Waals surface area contributed by atoms with Gasteiger partial charge in [-0.15, -0.1) is 11.3 Å². The van der Waals surface area contributed by atoms with Crippen LogP contribution in [0.3, 0.4) is 0 Å². The SMILES string of the molecule is CCNc1nc(Cl)nc2scc(-c3ccc(F)cc3)c12. The van der Waals surface area contributed by atoms with Gasteiger partial charge in [-0.05, 0) is 36.2 Å². The van der Waals surface area contributed by atoms with Gasteiger partial charge in [-0.1, -0.05) is 12.1 Å². The van der Waals surface area contributed by atoms with Crippen molar-refractivity contribution >= 4 is 39.0 Å². The normalized spacial score (nSPS) is 10.9. The van der Waals surface area contributed by atoms with Crippen LogP contribution < -0.4 is 5.32 Å². The average Bonchev–Trinajstić information content (AvgIpc) is 2.83. The molecule has 0 bridgehead atoms. The Morgan fingerprint density at radius 1 is 1.25 bits per heavy atom. The van der Waals surface area contributed by atoms with E-state index in [0.29, 0.717) is 5.82 Å². The van der Waals surface area contributed by atoms with Crippen molar-refractivity contribution in [2.75, 3.05) is 11.9 Å². The van der Waals surface area contributed by atoms with Crippen molar-refractivity contribution in [1.29, 1.82) is 0 Å². The summed E-state index contributed by atoms with van der Waals surface area (Å²) in [6, 6.07) is 6.40. The van der Waals surface area contributed by atoms with E-state index in [1.54, 1.807) is 12.1 Å². The second-order valence-electron chi connectivity index (χ2n) is 4.21. The average molecular weight is 308 g/mol. The van der Waals surface area contributed by atoms with Crippen LogP contribution in [0.5, 0.6) is 0 Å².